The SMILES string of the molecule is CCn1cc(NC(=O)NC(=O)CCCCC(=O)O)cn1. The molecule has 0 aliphatic carbocycles. The number of aromatic nitrogens is 2. The van der Waals surface area contributed by atoms with Gasteiger partial charge in [-0.3, -0.25) is 19.6 Å². The number of nitrogens with zero attached hydrogens (tertiary/aromatic N) is 2. The van der Waals surface area contributed by atoms with Crippen LogP contribution in [-0.4, -0.2) is 32.8 Å². The van der Waals surface area contributed by atoms with Crippen LogP contribution in [0, 0.1) is 0 Å². The smallest absolute Gasteiger partial charge is 0.325 e. The molecule has 20 heavy (non-hydrogen) atoms. The summed E-state index contributed by atoms with van der Waals surface area (Å²) in [5, 5.41) is 17.1. The molecule has 1 rings (SSSR count). The van der Waals surface area contributed by atoms with Crippen molar-refractivity contribution in [2.45, 2.75) is 39.2 Å². The highest BCUT2D eigenvalue weighted by Crippen LogP contribution is 2.04. The van der Waals surface area contributed by atoms with Gasteiger partial charge >= 0.3 is 12.0 Å². The molecule has 0 radical (unpaired) electrons. The molecule has 0 unspecified atom stereocenters. The number of carboxylic acid groups (broad SMARTS) is 1. The van der Waals surface area contributed by atoms with Crippen molar-refractivity contribution in [2.75, 3.05) is 5.32 Å². The molecule has 110 valence electrons. The van der Waals surface area contributed by atoms with Crippen molar-refractivity contribution < 1.29 is 19.5 Å². The van der Waals surface area contributed by atoms with Gasteiger partial charge in [-0.25, -0.2) is 4.79 Å². The third-order valence-electron chi connectivity index (χ3n) is 2.51. The number of carbonyl (C=O) groups is 3. The molecule has 0 fully saturated rings. The van der Waals surface area contributed by atoms with Crippen molar-refractivity contribution in [1.29, 1.82) is 0 Å². The first-order valence-electron chi connectivity index (χ1n) is 6.36. The van der Waals surface area contributed by atoms with Gasteiger partial charge in [0.05, 0.1) is 11.9 Å². The molecule has 0 aromatic carbocycles. The van der Waals surface area contributed by atoms with Crippen molar-refractivity contribution >= 4 is 23.6 Å². The summed E-state index contributed by atoms with van der Waals surface area (Å²) in [5.74, 6) is -1.33. The van der Waals surface area contributed by atoms with E-state index in [2.05, 4.69) is 15.7 Å². The summed E-state index contributed by atoms with van der Waals surface area (Å²) in [6, 6.07) is -0.621. The standard InChI is InChI=1S/C12H18N4O4/c1-2-16-8-9(7-13-16)14-12(20)15-10(17)5-3-4-6-11(18)19/h7-8H,2-6H2,1H3,(H,18,19)(H2,14,15,17,20). The van der Waals surface area contributed by atoms with Gasteiger partial charge in [0.15, 0.2) is 0 Å². The second kappa shape index (κ2) is 7.93. The minimum absolute atomic E-state index is 0.0235. The third kappa shape index (κ3) is 5.98. The molecule has 0 aliphatic heterocycles. The van der Waals surface area contributed by atoms with E-state index in [1.807, 2.05) is 6.92 Å². The maximum Gasteiger partial charge on any atom is 0.325 e. The number of hydrogen-bond donors (Lipinski definition) is 3. The lowest BCUT2D eigenvalue weighted by Gasteiger charge is -2.04. The number of urea groups is 1. The van der Waals surface area contributed by atoms with E-state index in [1.54, 1.807) is 10.9 Å². The summed E-state index contributed by atoms with van der Waals surface area (Å²) in [5.41, 5.74) is 0.503. The number of rotatable bonds is 7. The Morgan fingerprint density at radius 1 is 1.30 bits per heavy atom. The molecule has 8 heteroatoms. The molecule has 1 aromatic heterocycles. The van der Waals surface area contributed by atoms with Crippen molar-refractivity contribution in [3.63, 3.8) is 0 Å². The van der Waals surface area contributed by atoms with Gasteiger partial charge < -0.3 is 10.4 Å². The van der Waals surface area contributed by atoms with Crippen LogP contribution in [0.15, 0.2) is 12.4 Å². The molecule has 0 aliphatic rings. The van der Waals surface area contributed by atoms with Crippen LogP contribution in [0.5, 0.6) is 0 Å². The Bertz CT molecular complexity index is 484. The van der Waals surface area contributed by atoms with Crippen LogP contribution < -0.4 is 10.6 Å². The Kier molecular flexibility index (Phi) is 6.21. The average Bonchev–Trinajstić information content (AvgIpc) is 2.81. The van der Waals surface area contributed by atoms with Gasteiger partial charge in [0.25, 0.3) is 0 Å². The molecule has 3 N–H and O–H groups in total. The maximum absolute atomic E-state index is 11.5. The summed E-state index contributed by atoms with van der Waals surface area (Å²) in [6.45, 7) is 2.60. The van der Waals surface area contributed by atoms with Crippen LogP contribution in [0.1, 0.15) is 32.6 Å². The molecule has 8 nitrogen and oxygen atoms in total. The minimum atomic E-state index is -0.893. The zero-order valence-electron chi connectivity index (χ0n) is 11.3. The zero-order valence-corrected chi connectivity index (χ0v) is 11.3. The van der Waals surface area contributed by atoms with E-state index in [0.717, 1.165) is 0 Å². The number of carbonyl (C=O) groups excluding carboxylic acids is 2. The number of aryl methyl sites for hydroxylation is 1. The van der Waals surface area contributed by atoms with Crippen molar-refractivity contribution in [3.05, 3.63) is 12.4 Å². The predicted octanol–water partition coefficient (Wildman–Crippen LogP) is 1.20. The minimum Gasteiger partial charge on any atom is -0.481 e. The molecule has 0 bridgehead atoms. The number of anilines is 1. The van der Waals surface area contributed by atoms with Crippen LogP contribution in [0.4, 0.5) is 10.5 Å². The van der Waals surface area contributed by atoms with E-state index in [0.29, 0.717) is 25.1 Å². The monoisotopic (exact) mass is 282 g/mol. The number of amides is 3. The Morgan fingerprint density at radius 3 is 2.60 bits per heavy atom. The second-order valence-electron chi connectivity index (χ2n) is 4.19. The fourth-order valence-corrected chi connectivity index (χ4v) is 1.51. The molecular weight excluding hydrogens is 264 g/mol. The Morgan fingerprint density at radius 2 is 2.00 bits per heavy atom. The molecule has 0 saturated heterocycles. The van der Waals surface area contributed by atoms with E-state index >= 15 is 0 Å². The lowest BCUT2D eigenvalue weighted by molar-refractivity contribution is -0.137. The summed E-state index contributed by atoms with van der Waals surface area (Å²) in [6.07, 6.45) is 4.12. The molecule has 3 amide bonds. The van der Waals surface area contributed by atoms with Gasteiger partial charge in [-0.05, 0) is 19.8 Å². The molecule has 0 spiro atoms. The van der Waals surface area contributed by atoms with Gasteiger partial charge in [-0.15, -0.1) is 0 Å². The number of carboxylic acids is 1. The van der Waals surface area contributed by atoms with Crippen LogP contribution in [-0.2, 0) is 16.1 Å². The fraction of sp³-hybridized carbons (Fsp3) is 0.500. The molecule has 1 heterocycles. The van der Waals surface area contributed by atoms with Gasteiger partial charge in [-0.2, -0.15) is 5.10 Å². The van der Waals surface area contributed by atoms with Gasteiger partial charge in [0.2, 0.25) is 5.91 Å². The molecule has 0 saturated carbocycles. The first-order valence-corrected chi connectivity index (χ1v) is 6.36. The summed E-state index contributed by atoms with van der Waals surface area (Å²) < 4.78 is 1.64. The van der Waals surface area contributed by atoms with E-state index < -0.39 is 17.9 Å². The van der Waals surface area contributed by atoms with Crippen molar-refractivity contribution in [3.8, 4) is 0 Å². The number of imide groups is 1. The zero-order chi connectivity index (χ0) is 15.0. The summed E-state index contributed by atoms with van der Waals surface area (Å²) in [7, 11) is 0. The normalized spacial score (nSPS) is 10.1. The van der Waals surface area contributed by atoms with E-state index in [4.69, 9.17) is 5.11 Å². The average molecular weight is 282 g/mol. The highest BCUT2D eigenvalue weighted by atomic mass is 16.4. The Labute approximate surface area is 116 Å². The van der Waals surface area contributed by atoms with E-state index in [1.165, 1.54) is 6.20 Å². The third-order valence-corrected chi connectivity index (χ3v) is 2.51. The van der Waals surface area contributed by atoms with E-state index in [9.17, 15) is 14.4 Å². The fourth-order valence-electron chi connectivity index (χ4n) is 1.51. The van der Waals surface area contributed by atoms with Crippen LogP contribution >= 0.6 is 0 Å². The van der Waals surface area contributed by atoms with Gasteiger partial charge in [0, 0.05) is 25.6 Å². The maximum atomic E-state index is 11.5. The van der Waals surface area contributed by atoms with Gasteiger partial charge in [-0.1, -0.05) is 0 Å². The number of nitrogens with one attached hydrogen (secondary N) is 2. The molecule has 1 aromatic rings. The number of aliphatic carboxylic acids is 1. The lowest BCUT2D eigenvalue weighted by Crippen LogP contribution is -2.34. The van der Waals surface area contributed by atoms with E-state index in [-0.39, 0.29) is 12.8 Å². The Hall–Kier alpha value is -2.38. The predicted molar refractivity (Wildman–Crippen MR) is 71.2 cm³/mol. The van der Waals surface area contributed by atoms with Crippen LogP contribution in [0.25, 0.3) is 0 Å². The number of hydrogen-bond acceptors (Lipinski definition) is 4. The van der Waals surface area contributed by atoms with Crippen LogP contribution in [0.2, 0.25) is 0 Å². The highest BCUT2D eigenvalue weighted by molar-refractivity contribution is 6.00. The first-order chi connectivity index (χ1) is 9.51. The highest BCUT2D eigenvalue weighted by Gasteiger charge is 2.09. The van der Waals surface area contributed by atoms with Crippen molar-refractivity contribution in [2.24, 2.45) is 0 Å². The molecular formula is C12H18N4O4. The lowest BCUT2D eigenvalue weighted by atomic mass is 10.2. The van der Waals surface area contributed by atoms with Crippen molar-refractivity contribution in [1.82, 2.24) is 15.1 Å². The molecule has 0 atom stereocenters. The number of unbranched alkanes of at least 4 members (excludes halogenated alkanes) is 1. The summed E-state index contributed by atoms with van der Waals surface area (Å²) >= 11 is 0. The Balaban J connectivity index is 2.24. The largest absolute Gasteiger partial charge is 0.481 e. The van der Waals surface area contributed by atoms with Gasteiger partial charge in [0.1, 0.15) is 0 Å². The topological polar surface area (TPSA) is 113 Å². The second-order valence-corrected chi connectivity index (χ2v) is 4.19. The summed E-state index contributed by atoms with van der Waals surface area (Å²) in [4.78, 5) is 33.2. The quantitative estimate of drug-likeness (QED) is 0.650. The first kappa shape index (κ1) is 15.7. The van der Waals surface area contributed by atoms with Crippen LogP contribution in [0.3, 0.4) is 0 Å².